The summed E-state index contributed by atoms with van der Waals surface area (Å²) in [5.41, 5.74) is 1.36. The highest BCUT2D eigenvalue weighted by Crippen LogP contribution is 2.18. The van der Waals surface area contributed by atoms with Crippen molar-refractivity contribution in [3.8, 4) is 11.5 Å². The van der Waals surface area contributed by atoms with E-state index in [1.165, 1.54) is 0 Å². The minimum Gasteiger partial charge on any atom is -0.466 e. The zero-order chi connectivity index (χ0) is 14.8. The van der Waals surface area contributed by atoms with Crippen molar-refractivity contribution < 1.29 is 14.1 Å². The first-order chi connectivity index (χ1) is 10.2. The molecule has 3 heterocycles. The molecule has 0 aliphatic heterocycles. The number of aryl methyl sites for hydroxylation is 1. The van der Waals surface area contributed by atoms with E-state index in [1.807, 2.05) is 6.07 Å². The zero-order valence-corrected chi connectivity index (χ0v) is 11.6. The third-order valence-corrected chi connectivity index (χ3v) is 2.86. The van der Waals surface area contributed by atoms with Crippen molar-refractivity contribution in [1.82, 2.24) is 24.7 Å². The highest BCUT2D eigenvalue weighted by atomic mass is 16.5. The molecular formula is C13H13N5O3. The number of carbonyl (C=O) groups excluding carboxylic acids is 1. The van der Waals surface area contributed by atoms with E-state index in [9.17, 15) is 4.79 Å². The molecule has 8 nitrogen and oxygen atoms in total. The molecule has 0 bridgehead atoms. The Morgan fingerprint density at radius 3 is 2.95 bits per heavy atom. The summed E-state index contributed by atoms with van der Waals surface area (Å²) in [5.74, 6) is 1.12. The number of pyridine rings is 1. The van der Waals surface area contributed by atoms with Crippen LogP contribution in [0.5, 0.6) is 0 Å². The number of rotatable bonds is 4. The number of aromatic nitrogens is 5. The van der Waals surface area contributed by atoms with Gasteiger partial charge in [0.15, 0.2) is 11.5 Å². The van der Waals surface area contributed by atoms with Gasteiger partial charge in [-0.15, -0.1) is 10.2 Å². The molecule has 0 N–H and O–H groups in total. The van der Waals surface area contributed by atoms with E-state index in [0.717, 1.165) is 5.56 Å². The van der Waals surface area contributed by atoms with Crippen LogP contribution in [0.2, 0.25) is 0 Å². The Morgan fingerprint density at radius 2 is 2.24 bits per heavy atom. The number of hydrogen-bond donors (Lipinski definition) is 0. The maximum absolute atomic E-state index is 11.6. The lowest BCUT2D eigenvalue weighted by Gasteiger charge is -2.01. The lowest BCUT2D eigenvalue weighted by atomic mass is 10.3. The summed E-state index contributed by atoms with van der Waals surface area (Å²) < 4.78 is 11.8. The molecular weight excluding hydrogens is 274 g/mol. The molecule has 8 heteroatoms. The second kappa shape index (κ2) is 5.31. The highest BCUT2D eigenvalue weighted by Gasteiger charge is 2.13. The fourth-order valence-electron chi connectivity index (χ4n) is 1.94. The van der Waals surface area contributed by atoms with Crippen molar-refractivity contribution >= 4 is 11.6 Å². The molecule has 0 fully saturated rings. The van der Waals surface area contributed by atoms with Crippen LogP contribution in [-0.4, -0.2) is 37.3 Å². The predicted octanol–water partition coefficient (Wildman–Crippen LogP) is 1.19. The molecule has 0 spiro atoms. The van der Waals surface area contributed by atoms with Crippen LogP contribution in [0.4, 0.5) is 0 Å². The van der Waals surface area contributed by atoms with Crippen molar-refractivity contribution in [2.45, 2.75) is 20.3 Å². The molecule has 21 heavy (non-hydrogen) atoms. The first-order valence-corrected chi connectivity index (χ1v) is 6.47. The van der Waals surface area contributed by atoms with E-state index in [4.69, 9.17) is 9.26 Å². The highest BCUT2D eigenvalue weighted by molar-refractivity contribution is 5.72. The van der Waals surface area contributed by atoms with Gasteiger partial charge in [-0.2, -0.15) is 4.98 Å². The minimum absolute atomic E-state index is 0.0569. The van der Waals surface area contributed by atoms with Gasteiger partial charge in [0.25, 0.3) is 5.89 Å². The summed E-state index contributed by atoms with van der Waals surface area (Å²) in [6, 6.07) is 3.58. The third kappa shape index (κ3) is 2.60. The van der Waals surface area contributed by atoms with Crippen LogP contribution >= 0.6 is 0 Å². The summed E-state index contributed by atoms with van der Waals surface area (Å²) in [5, 5.41) is 11.8. The molecule has 3 aromatic heterocycles. The van der Waals surface area contributed by atoms with Gasteiger partial charge >= 0.3 is 5.97 Å². The molecule has 0 atom stereocenters. The van der Waals surface area contributed by atoms with Gasteiger partial charge in [0, 0.05) is 6.20 Å². The molecule has 0 saturated carbocycles. The summed E-state index contributed by atoms with van der Waals surface area (Å²) in [7, 11) is 0. The van der Waals surface area contributed by atoms with Gasteiger partial charge in [0.2, 0.25) is 0 Å². The number of hydrogen-bond acceptors (Lipinski definition) is 7. The molecule has 3 rings (SSSR count). The topological polar surface area (TPSA) is 95.4 Å². The molecule has 0 unspecified atom stereocenters. The van der Waals surface area contributed by atoms with Crippen LogP contribution in [0.3, 0.4) is 0 Å². The molecule has 0 aromatic carbocycles. The van der Waals surface area contributed by atoms with Gasteiger partial charge in [0.05, 0.1) is 12.2 Å². The van der Waals surface area contributed by atoms with E-state index >= 15 is 0 Å². The van der Waals surface area contributed by atoms with E-state index in [2.05, 4.69) is 20.3 Å². The Morgan fingerprint density at radius 1 is 1.38 bits per heavy atom. The van der Waals surface area contributed by atoms with Gasteiger partial charge < -0.3 is 9.26 Å². The van der Waals surface area contributed by atoms with E-state index < -0.39 is 0 Å². The first kappa shape index (κ1) is 13.2. The quantitative estimate of drug-likeness (QED) is 0.665. The lowest BCUT2D eigenvalue weighted by molar-refractivity contribution is -0.142. The Balaban J connectivity index is 1.98. The lowest BCUT2D eigenvalue weighted by Crippen LogP contribution is -2.10. The van der Waals surface area contributed by atoms with Crippen molar-refractivity contribution in [3.63, 3.8) is 0 Å². The van der Waals surface area contributed by atoms with Crippen molar-refractivity contribution in [1.29, 1.82) is 0 Å². The molecule has 0 saturated heterocycles. The van der Waals surface area contributed by atoms with Crippen molar-refractivity contribution in [2.24, 2.45) is 0 Å². The Hall–Kier alpha value is -2.77. The fraction of sp³-hybridized carbons (Fsp3) is 0.308. The molecule has 108 valence electrons. The summed E-state index contributed by atoms with van der Waals surface area (Å²) in [6.07, 6.45) is 1.82. The molecule has 0 aliphatic rings. The largest absolute Gasteiger partial charge is 0.466 e. The van der Waals surface area contributed by atoms with E-state index in [1.54, 1.807) is 30.5 Å². The second-order valence-electron chi connectivity index (χ2n) is 4.39. The normalized spacial score (nSPS) is 11.0. The monoisotopic (exact) mass is 287 g/mol. The van der Waals surface area contributed by atoms with Crippen LogP contribution in [0.15, 0.2) is 22.9 Å². The van der Waals surface area contributed by atoms with Gasteiger partial charge in [0.1, 0.15) is 12.2 Å². The number of carbonyl (C=O) groups is 1. The maximum Gasteiger partial charge on any atom is 0.313 e. The smallest absolute Gasteiger partial charge is 0.313 e. The summed E-state index contributed by atoms with van der Waals surface area (Å²) in [6.45, 7) is 3.84. The maximum atomic E-state index is 11.6. The van der Waals surface area contributed by atoms with Crippen LogP contribution in [0.1, 0.15) is 18.6 Å². The van der Waals surface area contributed by atoms with Crippen LogP contribution in [-0.2, 0) is 16.0 Å². The average molecular weight is 287 g/mol. The SMILES string of the molecule is CCOC(=O)Cc1nnc2ccc(-c3nc(C)no3)cn12. The number of ether oxygens (including phenoxy) is 1. The zero-order valence-electron chi connectivity index (χ0n) is 11.6. The van der Waals surface area contributed by atoms with Crippen molar-refractivity contribution in [2.75, 3.05) is 6.61 Å². The van der Waals surface area contributed by atoms with Gasteiger partial charge in [-0.1, -0.05) is 5.16 Å². The molecule has 0 radical (unpaired) electrons. The van der Waals surface area contributed by atoms with E-state index in [-0.39, 0.29) is 12.4 Å². The predicted molar refractivity (Wildman–Crippen MR) is 71.4 cm³/mol. The van der Waals surface area contributed by atoms with Gasteiger partial charge in [-0.25, -0.2) is 0 Å². The number of esters is 1. The standard InChI is InChI=1S/C13H13N5O3/c1-3-20-12(19)6-11-16-15-10-5-4-9(7-18(10)11)13-14-8(2)17-21-13/h4-5,7H,3,6H2,1-2H3. The van der Waals surface area contributed by atoms with E-state index in [0.29, 0.717) is 29.8 Å². The fourth-order valence-corrected chi connectivity index (χ4v) is 1.94. The molecule has 3 aromatic rings. The first-order valence-electron chi connectivity index (χ1n) is 6.47. The Bertz CT molecular complexity index is 792. The Labute approximate surface area is 119 Å². The Kier molecular flexibility index (Phi) is 3.35. The van der Waals surface area contributed by atoms with Gasteiger partial charge in [-0.3, -0.25) is 9.20 Å². The molecule has 0 aliphatic carbocycles. The summed E-state index contributed by atoms with van der Waals surface area (Å²) in [4.78, 5) is 15.7. The number of fused-ring (bicyclic) bond motifs is 1. The summed E-state index contributed by atoms with van der Waals surface area (Å²) >= 11 is 0. The minimum atomic E-state index is -0.342. The second-order valence-corrected chi connectivity index (χ2v) is 4.39. The van der Waals surface area contributed by atoms with Crippen molar-refractivity contribution in [3.05, 3.63) is 30.0 Å². The van der Waals surface area contributed by atoms with Gasteiger partial charge in [-0.05, 0) is 26.0 Å². The molecule has 0 amide bonds. The average Bonchev–Trinajstić information content (AvgIpc) is 3.06. The van der Waals surface area contributed by atoms with Crippen LogP contribution < -0.4 is 0 Å². The number of nitrogens with zero attached hydrogens (tertiary/aromatic N) is 5. The third-order valence-electron chi connectivity index (χ3n) is 2.86. The van der Waals surface area contributed by atoms with Crippen LogP contribution in [0, 0.1) is 6.92 Å². The van der Waals surface area contributed by atoms with Crippen LogP contribution in [0.25, 0.3) is 17.1 Å².